The summed E-state index contributed by atoms with van der Waals surface area (Å²) in [5.41, 5.74) is 2.20. The highest BCUT2D eigenvalue weighted by molar-refractivity contribution is 5.81. The van der Waals surface area contributed by atoms with E-state index < -0.39 is 18.5 Å². The molecule has 0 N–H and O–H groups in total. The van der Waals surface area contributed by atoms with Gasteiger partial charge in [0.25, 0.3) is 12.0 Å². The second-order valence-electron chi connectivity index (χ2n) is 7.89. The summed E-state index contributed by atoms with van der Waals surface area (Å²) in [6.07, 6.45) is 1.78. The summed E-state index contributed by atoms with van der Waals surface area (Å²) in [4.78, 5) is 25.8. The highest BCUT2D eigenvalue weighted by Crippen LogP contribution is 2.24. The number of nitrogens with zero attached hydrogens (tertiary/aromatic N) is 5. The Balaban J connectivity index is 1.25. The fourth-order valence-electron chi connectivity index (χ4n) is 4.29. The molecule has 7 nitrogen and oxygen atoms in total. The third kappa shape index (κ3) is 3.69. The van der Waals surface area contributed by atoms with Crippen LogP contribution in [0.5, 0.6) is 0 Å². The van der Waals surface area contributed by atoms with E-state index in [2.05, 4.69) is 19.8 Å². The number of rotatable bonds is 5. The predicted molar refractivity (Wildman–Crippen MR) is 108 cm³/mol. The highest BCUT2D eigenvalue weighted by Gasteiger charge is 2.23. The molecule has 2 aliphatic rings. The standard InChI is InChI=1S/C21H23F2N5O2/c22-19(23)11-28-13-24-17-10-14(4-5-15(17)21(28)29)27-8-6-26(7-9-27)12-20-25-16-2-1-3-18(16)30-20/h4-5,10,13,19H,1-3,6-9,11-12H2. The third-order valence-electron chi connectivity index (χ3n) is 5.88. The smallest absolute Gasteiger partial charge is 0.261 e. The average molecular weight is 415 g/mol. The summed E-state index contributed by atoms with van der Waals surface area (Å²) in [6, 6.07) is 5.41. The number of piperazine rings is 1. The van der Waals surface area contributed by atoms with Crippen LogP contribution < -0.4 is 10.5 Å². The maximum Gasteiger partial charge on any atom is 0.261 e. The van der Waals surface area contributed by atoms with Crippen molar-refractivity contribution in [2.45, 2.75) is 38.8 Å². The van der Waals surface area contributed by atoms with E-state index in [9.17, 15) is 13.6 Å². The van der Waals surface area contributed by atoms with Gasteiger partial charge in [-0.3, -0.25) is 14.3 Å². The van der Waals surface area contributed by atoms with Gasteiger partial charge in [-0.2, -0.15) is 0 Å². The lowest BCUT2D eigenvalue weighted by molar-refractivity contribution is 0.125. The Bertz CT molecular complexity index is 1100. The van der Waals surface area contributed by atoms with E-state index in [1.807, 2.05) is 12.1 Å². The minimum atomic E-state index is -2.59. The zero-order valence-corrected chi connectivity index (χ0v) is 16.6. The maximum absolute atomic E-state index is 12.6. The Kier molecular flexibility index (Phi) is 4.98. The van der Waals surface area contributed by atoms with Crippen LogP contribution >= 0.6 is 0 Å². The summed E-state index contributed by atoms with van der Waals surface area (Å²) in [7, 11) is 0. The molecule has 1 aliphatic carbocycles. The topological polar surface area (TPSA) is 67.4 Å². The lowest BCUT2D eigenvalue weighted by Crippen LogP contribution is -2.46. The molecule has 0 unspecified atom stereocenters. The molecule has 0 amide bonds. The van der Waals surface area contributed by atoms with Crippen LogP contribution in [0, 0.1) is 0 Å². The van der Waals surface area contributed by atoms with E-state index in [0.29, 0.717) is 10.9 Å². The van der Waals surface area contributed by atoms with Gasteiger partial charge in [0, 0.05) is 38.3 Å². The Hall–Kier alpha value is -2.81. The molecule has 30 heavy (non-hydrogen) atoms. The molecule has 1 aromatic carbocycles. The summed E-state index contributed by atoms with van der Waals surface area (Å²) in [5.74, 6) is 1.86. The van der Waals surface area contributed by atoms with Gasteiger partial charge >= 0.3 is 0 Å². The van der Waals surface area contributed by atoms with Crippen molar-refractivity contribution in [2.24, 2.45) is 0 Å². The van der Waals surface area contributed by atoms with E-state index in [1.165, 1.54) is 6.33 Å². The summed E-state index contributed by atoms with van der Waals surface area (Å²) < 4.78 is 32.1. The van der Waals surface area contributed by atoms with Crippen molar-refractivity contribution in [3.63, 3.8) is 0 Å². The largest absolute Gasteiger partial charge is 0.444 e. The molecule has 2 aromatic heterocycles. The Labute approximate surface area is 171 Å². The Morgan fingerprint density at radius 2 is 1.97 bits per heavy atom. The quantitative estimate of drug-likeness (QED) is 0.638. The van der Waals surface area contributed by atoms with Gasteiger partial charge in [0.2, 0.25) is 5.89 Å². The molecule has 158 valence electrons. The van der Waals surface area contributed by atoms with E-state index in [4.69, 9.17) is 4.42 Å². The molecule has 0 radical (unpaired) electrons. The first-order valence-corrected chi connectivity index (χ1v) is 10.3. The number of aromatic nitrogens is 3. The number of alkyl halides is 2. The van der Waals surface area contributed by atoms with E-state index in [1.54, 1.807) is 6.07 Å². The zero-order valence-electron chi connectivity index (χ0n) is 16.6. The lowest BCUT2D eigenvalue weighted by Gasteiger charge is -2.35. The second-order valence-corrected chi connectivity index (χ2v) is 7.89. The van der Waals surface area contributed by atoms with Crippen LogP contribution in [0.15, 0.2) is 33.7 Å². The molecule has 3 aromatic rings. The van der Waals surface area contributed by atoms with Gasteiger partial charge in [-0.1, -0.05) is 0 Å². The predicted octanol–water partition coefficient (Wildman–Crippen LogP) is 2.46. The third-order valence-corrected chi connectivity index (χ3v) is 5.88. The average Bonchev–Trinajstić information content (AvgIpc) is 3.32. The van der Waals surface area contributed by atoms with E-state index >= 15 is 0 Å². The summed E-state index contributed by atoms with van der Waals surface area (Å²) in [5, 5.41) is 0.359. The number of fused-ring (bicyclic) bond motifs is 2. The van der Waals surface area contributed by atoms with Crippen molar-refractivity contribution in [3.8, 4) is 0 Å². The van der Waals surface area contributed by atoms with Crippen LogP contribution in [0.4, 0.5) is 14.5 Å². The maximum atomic E-state index is 12.6. The van der Waals surface area contributed by atoms with E-state index in [-0.39, 0.29) is 0 Å². The van der Waals surface area contributed by atoms with Gasteiger partial charge in [0.1, 0.15) is 5.76 Å². The van der Waals surface area contributed by atoms with Gasteiger partial charge in [-0.15, -0.1) is 0 Å². The van der Waals surface area contributed by atoms with Gasteiger partial charge < -0.3 is 9.32 Å². The number of hydrogen-bond acceptors (Lipinski definition) is 6. The minimum absolute atomic E-state index is 0.359. The van der Waals surface area contributed by atoms with Crippen molar-refractivity contribution >= 4 is 16.6 Å². The Morgan fingerprint density at radius 1 is 1.13 bits per heavy atom. The first-order chi connectivity index (χ1) is 14.6. The van der Waals surface area contributed by atoms with Crippen molar-refractivity contribution in [1.82, 2.24) is 19.4 Å². The van der Waals surface area contributed by atoms with Crippen LogP contribution in [0.2, 0.25) is 0 Å². The molecule has 0 spiro atoms. The molecule has 1 aliphatic heterocycles. The normalized spacial score (nSPS) is 17.2. The van der Waals surface area contributed by atoms with Crippen molar-refractivity contribution < 1.29 is 13.2 Å². The van der Waals surface area contributed by atoms with Crippen LogP contribution in [-0.2, 0) is 25.9 Å². The summed E-state index contributed by atoms with van der Waals surface area (Å²) >= 11 is 0. The first-order valence-electron chi connectivity index (χ1n) is 10.3. The summed E-state index contributed by atoms with van der Waals surface area (Å²) in [6.45, 7) is 3.54. The zero-order chi connectivity index (χ0) is 20.7. The van der Waals surface area contributed by atoms with Gasteiger partial charge in [-0.25, -0.2) is 18.7 Å². The number of oxazole rings is 1. The molecule has 0 bridgehead atoms. The molecular weight excluding hydrogens is 392 g/mol. The first kappa shape index (κ1) is 19.2. The SMILES string of the molecule is O=c1c2ccc(N3CCN(Cc4nc5c(o4)CCC5)CC3)cc2ncn1CC(F)F. The van der Waals surface area contributed by atoms with Crippen molar-refractivity contribution in [1.29, 1.82) is 0 Å². The molecule has 1 saturated heterocycles. The fraction of sp³-hybridized carbons (Fsp3) is 0.476. The highest BCUT2D eigenvalue weighted by atomic mass is 19.3. The molecule has 5 rings (SSSR count). The lowest BCUT2D eigenvalue weighted by atomic mass is 10.2. The minimum Gasteiger partial charge on any atom is -0.444 e. The molecule has 9 heteroatoms. The molecule has 1 fully saturated rings. The van der Waals surface area contributed by atoms with Crippen molar-refractivity contribution in [3.05, 3.63) is 52.2 Å². The van der Waals surface area contributed by atoms with Gasteiger partial charge in [0.15, 0.2) is 0 Å². The van der Waals surface area contributed by atoms with Crippen LogP contribution in [-0.4, -0.2) is 52.0 Å². The molecule has 0 atom stereocenters. The molecular formula is C21H23F2N5O2. The number of aryl methyl sites for hydroxylation is 2. The fourth-order valence-corrected chi connectivity index (χ4v) is 4.29. The number of hydrogen-bond donors (Lipinski definition) is 0. The molecule has 0 saturated carbocycles. The van der Waals surface area contributed by atoms with E-state index in [0.717, 1.165) is 79.6 Å². The van der Waals surface area contributed by atoms with Crippen LogP contribution in [0.3, 0.4) is 0 Å². The Morgan fingerprint density at radius 3 is 2.73 bits per heavy atom. The number of anilines is 1. The van der Waals surface area contributed by atoms with Crippen LogP contribution in [0.1, 0.15) is 23.8 Å². The number of halogens is 2. The van der Waals surface area contributed by atoms with Crippen LogP contribution in [0.25, 0.3) is 10.9 Å². The van der Waals surface area contributed by atoms with Gasteiger partial charge in [-0.05, 0) is 31.0 Å². The molecule has 3 heterocycles. The number of benzene rings is 1. The van der Waals surface area contributed by atoms with Gasteiger partial charge in [0.05, 0.1) is 36.0 Å². The second kappa shape index (κ2) is 7.79. The van der Waals surface area contributed by atoms with Crippen molar-refractivity contribution in [2.75, 3.05) is 31.1 Å². The monoisotopic (exact) mass is 415 g/mol.